The first-order valence-electron chi connectivity index (χ1n) is 9.28. The summed E-state index contributed by atoms with van der Waals surface area (Å²) in [5.74, 6) is 0.529. The number of carbonyl (C=O) groups is 1. The van der Waals surface area contributed by atoms with Gasteiger partial charge in [0.25, 0.3) is 5.91 Å². The van der Waals surface area contributed by atoms with Gasteiger partial charge in [0, 0.05) is 39.7 Å². The smallest absolute Gasteiger partial charge is 0.254 e. The summed E-state index contributed by atoms with van der Waals surface area (Å²) in [6.45, 7) is 2.32. The van der Waals surface area contributed by atoms with E-state index in [1.165, 1.54) is 6.07 Å². The van der Waals surface area contributed by atoms with E-state index in [2.05, 4.69) is 10.4 Å². The van der Waals surface area contributed by atoms with Gasteiger partial charge in [-0.15, -0.1) is 23.1 Å². The number of rotatable bonds is 7. The number of aryl methyl sites for hydroxylation is 1. The van der Waals surface area contributed by atoms with Crippen molar-refractivity contribution in [2.45, 2.75) is 43.0 Å². The van der Waals surface area contributed by atoms with Crippen LogP contribution in [0.3, 0.4) is 0 Å². The number of thiazole rings is 1. The van der Waals surface area contributed by atoms with Crippen molar-refractivity contribution < 1.29 is 9.18 Å². The highest BCUT2D eigenvalue weighted by Gasteiger charge is 2.33. The number of halogens is 1. The van der Waals surface area contributed by atoms with Crippen LogP contribution in [0.2, 0.25) is 0 Å². The topological polar surface area (TPSA) is 33.2 Å². The Labute approximate surface area is 172 Å². The van der Waals surface area contributed by atoms with Crippen molar-refractivity contribution >= 4 is 29.0 Å². The van der Waals surface area contributed by atoms with Gasteiger partial charge < -0.3 is 4.90 Å². The van der Waals surface area contributed by atoms with Crippen molar-refractivity contribution in [3.8, 4) is 0 Å². The van der Waals surface area contributed by atoms with Gasteiger partial charge >= 0.3 is 0 Å². The first-order valence-corrected chi connectivity index (χ1v) is 11.1. The van der Waals surface area contributed by atoms with E-state index in [1.807, 2.05) is 37.3 Å². The van der Waals surface area contributed by atoms with Gasteiger partial charge in [0.1, 0.15) is 5.82 Å². The van der Waals surface area contributed by atoms with Gasteiger partial charge in [0.2, 0.25) is 0 Å². The fourth-order valence-corrected chi connectivity index (χ4v) is 4.56. The molecule has 1 aromatic heterocycles. The summed E-state index contributed by atoms with van der Waals surface area (Å²) in [4.78, 5) is 20.4. The Morgan fingerprint density at radius 1 is 1.21 bits per heavy atom. The molecule has 0 radical (unpaired) electrons. The maximum Gasteiger partial charge on any atom is 0.254 e. The number of aromatic nitrogens is 1. The molecule has 0 unspecified atom stereocenters. The fourth-order valence-electron chi connectivity index (χ4n) is 3.05. The van der Waals surface area contributed by atoms with Crippen molar-refractivity contribution in [3.63, 3.8) is 0 Å². The molecule has 0 bridgehead atoms. The maximum absolute atomic E-state index is 14.0. The van der Waals surface area contributed by atoms with E-state index in [-0.39, 0.29) is 17.8 Å². The lowest BCUT2D eigenvalue weighted by Crippen LogP contribution is -2.32. The first kappa shape index (κ1) is 19.2. The summed E-state index contributed by atoms with van der Waals surface area (Å²) in [7, 11) is 0. The molecule has 3 aromatic rings. The molecule has 1 aliphatic rings. The second-order valence-corrected chi connectivity index (χ2v) is 9.04. The van der Waals surface area contributed by atoms with Crippen LogP contribution >= 0.6 is 23.1 Å². The molecule has 1 fully saturated rings. The van der Waals surface area contributed by atoms with E-state index in [0.717, 1.165) is 34.2 Å². The van der Waals surface area contributed by atoms with Gasteiger partial charge in [-0.1, -0.05) is 18.2 Å². The van der Waals surface area contributed by atoms with E-state index in [9.17, 15) is 9.18 Å². The van der Waals surface area contributed by atoms with Crippen LogP contribution in [-0.2, 0) is 12.3 Å². The molecule has 0 aliphatic heterocycles. The third kappa shape index (κ3) is 4.62. The molecule has 28 heavy (non-hydrogen) atoms. The zero-order valence-electron chi connectivity index (χ0n) is 15.6. The molecule has 144 valence electrons. The molecule has 0 N–H and O–H groups in total. The first-order chi connectivity index (χ1) is 13.6. The van der Waals surface area contributed by atoms with Gasteiger partial charge in [0.05, 0.1) is 10.7 Å². The monoisotopic (exact) mass is 412 g/mol. The Hall–Kier alpha value is -2.18. The predicted molar refractivity (Wildman–Crippen MR) is 112 cm³/mol. The molecule has 2 aromatic carbocycles. The SMILES string of the molecule is Cc1nc(CSc2ccc(C(=O)N(Cc3ccccc3F)C3CC3)cc2)cs1. The Morgan fingerprint density at radius 2 is 1.96 bits per heavy atom. The summed E-state index contributed by atoms with van der Waals surface area (Å²) in [5, 5.41) is 3.16. The Bertz CT molecular complexity index is 967. The van der Waals surface area contributed by atoms with Crippen LogP contribution in [0.1, 0.15) is 39.5 Å². The molecule has 6 heteroatoms. The maximum atomic E-state index is 14.0. The zero-order chi connectivity index (χ0) is 19.5. The van der Waals surface area contributed by atoms with Crippen LogP contribution < -0.4 is 0 Å². The number of hydrogen-bond acceptors (Lipinski definition) is 4. The highest BCUT2D eigenvalue weighted by atomic mass is 32.2. The second kappa shape index (κ2) is 8.45. The van der Waals surface area contributed by atoms with Gasteiger partial charge in [-0.2, -0.15) is 0 Å². The molecular formula is C22H21FN2OS2. The van der Waals surface area contributed by atoms with Crippen LogP contribution in [0, 0.1) is 12.7 Å². The number of amides is 1. The van der Waals surface area contributed by atoms with Crippen molar-refractivity contribution in [3.05, 3.63) is 81.6 Å². The van der Waals surface area contributed by atoms with Gasteiger partial charge in [0.15, 0.2) is 0 Å². The Morgan fingerprint density at radius 3 is 2.61 bits per heavy atom. The van der Waals surface area contributed by atoms with Crippen LogP contribution in [0.5, 0.6) is 0 Å². The molecule has 4 rings (SSSR count). The van der Waals surface area contributed by atoms with Crippen LogP contribution in [0.25, 0.3) is 0 Å². The molecule has 0 saturated heterocycles. The molecule has 3 nitrogen and oxygen atoms in total. The summed E-state index contributed by atoms with van der Waals surface area (Å²) >= 11 is 3.37. The standard InChI is InChI=1S/C22H21FN2OS2/c1-15-24-18(13-27-15)14-28-20-10-6-16(7-11-20)22(26)25(19-8-9-19)12-17-4-2-3-5-21(17)23/h2-7,10-11,13,19H,8-9,12,14H2,1H3. The Balaban J connectivity index is 1.43. The number of hydrogen-bond donors (Lipinski definition) is 0. The van der Waals surface area contributed by atoms with Crippen LogP contribution in [0.4, 0.5) is 4.39 Å². The van der Waals surface area contributed by atoms with Gasteiger partial charge in [-0.25, -0.2) is 9.37 Å². The lowest BCUT2D eigenvalue weighted by atomic mass is 10.1. The summed E-state index contributed by atoms with van der Waals surface area (Å²) in [5.41, 5.74) is 2.29. The average molecular weight is 413 g/mol. The highest BCUT2D eigenvalue weighted by Crippen LogP contribution is 2.31. The third-order valence-electron chi connectivity index (χ3n) is 4.70. The average Bonchev–Trinajstić information content (AvgIpc) is 3.46. The predicted octanol–water partition coefficient (Wildman–Crippen LogP) is 5.69. The fraction of sp³-hybridized carbons (Fsp3) is 0.273. The molecule has 1 heterocycles. The highest BCUT2D eigenvalue weighted by molar-refractivity contribution is 7.98. The zero-order valence-corrected chi connectivity index (χ0v) is 17.2. The summed E-state index contributed by atoms with van der Waals surface area (Å²) in [6, 6.07) is 14.6. The molecule has 1 aliphatic carbocycles. The number of nitrogens with zero attached hydrogens (tertiary/aromatic N) is 2. The van der Waals surface area contributed by atoms with Crippen LogP contribution in [-0.4, -0.2) is 21.8 Å². The lowest BCUT2D eigenvalue weighted by molar-refractivity contribution is 0.0728. The van der Waals surface area contributed by atoms with E-state index in [1.54, 1.807) is 40.1 Å². The molecule has 1 amide bonds. The quantitative estimate of drug-likeness (QED) is 0.468. The van der Waals surface area contributed by atoms with E-state index in [4.69, 9.17) is 0 Å². The number of carbonyl (C=O) groups excluding carboxylic acids is 1. The van der Waals surface area contributed by atoms with E-state index >= 15 is 0 Å². The van der Waals surface area contributed by atoms with Crippen molar-refractivity contribution in [2.24, 2.45) is 0 Å². The largest absolute Gasteiger partial charge is 0.331 e. The van der Waals surface area contributed by atoms with Crippen molar-refractivity contribution in [1.82, 2.24) is 9.88 Å². The minimum atomic E-state index is -0.259. The van der Waals surface area contributed by atoms with Crippen molar-refractivity contribution in [2.75, 3.05) is 0 Å². The number of thioether (sulfide) groups is 1. The number of benzene rings is 2. The molecular weight excluding hydrogens is 391 g/mol. The minimum absolute atomic E-state index is 0.0302. The van der Waals surface area contributed by atoms with E-state index < -0.39 is 0 Å². The van der Waals surface area contributed by atoms with Gasteiger partial charge in [-0.3, -0.25) is 4.79 Å². The van der Waals surface area contributed by atoms with Crippen molar-refractivity contribution in [1.29, 1.82) is 0 Å². The minimum Gasteiger partial charge on any atom is -0.331 e. The summed E-state index contributed by atoms with van der Waals surface area (Å²) in [6.07, 6.45) is 1.97. The molecule has 0 spiro atoms. The third-order valence-corrected chi connectivity index (χ3v) is 6.57. The Kier molecular flexibility index (Phi) is 5.78. The van der Waals surface area contributed by atoms with Gasteiger partial charge in [-0.05, 0) is 50.1 Å². The molecule has 0 atom stereocenters. The molecule has 1 saturated carbocycles. The normalized spacial score (nSPS) is 13.5. The van der Waals surface area contributed by atoms with E-state index in [0.29, 0.717) is 17.7 Å². The second-order valence-electron chi connectivity index (χ2n) is 6.93. The summed E-state index contributed by atoms with van der Waals surface area (Å²) < 4.78 is 14.0. The van der Waals surface area contributed by atoms with Crippen LogP contribution in [0.15, 0.2) is 58.8 Å². The lowest BCUT2D eigenvalue weighted by Gasteiger charge is -2.23.